The summed E-state index contributed by atoms with van der Waals surface area (Å²) in [5, 5.41) is 13.5. The maximum absolute atomic E-state index is 12.4. The summed E-state index contributed by atoms with van der Waals surface area (Å²) >= 11 is 0. The lowest BCUT2D eigenvalue weighted by atomic mass is 10.1. The molecule has 30 heavy (non-hydrogen) atoms. The highest BCUT2D eigenvalue weighted by Gasteiger charge is 2.22. The Morgan fingerprint density at radius 1 is 1.17 bits per heavy atom. The lowest BCUT2D eigenvalue weighted by Crippen LogP contribution is -2.35. The maximum Gasteiger partial charge on any atom is 0.338 e. The van der Waals surface area contributed by atoms with Gasteiger partial charge >= 0.3 is 5.97 Å². The van der Waals surface area contributed by atoms with Gasteiger partial charge in [0.05, 0.1) is 23.7 Å². The summed E-state index contributed by atoms with van der Waals surface area (Å²) in [4.78, 5) is 37.4. The molecule has 0 spiro atoms. The number of nitrogens with one attached hydrogen (secondary N) is 1. The van der Waals surface area contributed by atoms with Gasteiger partial charge in [0.25, 0.3) is 11.6 Å². The second-order valence-corrected chi connectivity index (χ2v) is 6.90. The number of morpholine rings is 1. The zero-order valence-corrected chi connectivity index (χ0v) is 16.6. The average Bonchev–Trinajstić information content (AvgIpc) is 2.75. The van der Waals surface area contributed by atoms with Gasteiger partial charge in [0.2, 0.25) is 0 Å². The third-order valence-corrected chi connectivity index (χ3v) is 4.71. The number of amides is 1. The Kier molecular flexibility index (Phi) is 7.10. The van der Waals surface area contributed by atoms with E-state index in [1.807, 2.05) is 12.1 Å². The predicted octanol–water partition coefficient (Wildman–Crippen LogP) is 2.61. The molecule has 2 aromatic carbocycles. The highest BCUT2D eigenvalue weighted by Crippen LogP contribution is 2.23. The summed E-state index contributed by atoms with van der Waals surface area (Å²) in [5.74, 6) is -1.29. The summed E-state index contributed by atoms with van der Waals surface area (Å²) in [6.45, 7) is 5.36. The molecular weight excluding hydrogens is 390 g/mol. The first-order valence-electron chi connectivity index (χ1n) is 9.58. The second kappa shape index (κ2) is 9.95. The Morgan fingerprint density at radius 2 is 1.83 bits per heavy atom. The molecule has 1 atom stereocenters. The Morgan fingerprint density at radius 3 is 2.50 bits per heavy atom. The molecule has 1 aliphatic heterocycles. The number of carbonyl (C=O) groups excluding carboxylic acids is 2. The van der Waals surface area contributed by atoms with Crippen molar-refractivity contribution in [1.82, 2.24) is 4.90 Å². The average molecular weight is 413 g/mol. The van der Waals surface area contributed by atoms with Crippen molar-refractivity contribution in [1.29, 1.82) is 0 Å². The van der Waals surface area contributed by atoms with Gasteiger partial charge in [-0.3, -0.25) is 19.8 Å². The van der Waals surface area contributed by atoms with E-state index >= 15 is 0 Å². The predicted molar refractivity (Wildman–Crippen MR) is 109 cm³/mol. The van der Waals surface area contributed by atoms with Crippen LogP contribution in [-0.4, -0.2) is 54.1 Å². The molecule has 1 heterocycles. The fourth-order valence-corrected chi connectivity index (χ4v) is 3.02. The highest BCUT2D eigenvalue weighted by molar-refractivity contribution is 5.98. The number of rotatable bonds is 7. The number of benzene rings is 2. The van der Waals surface area contributed by atoms with E-state index in [1.54, 1.807) is 18.2 Å². The molecule has 1 N–H and O–H groups in total. The Labute approximate surface area is 173 Å². The maximum atomic E-state index is 12.4. The van der Waals surface area contributed by atoms with Crippen molar-refractivity contribution >= 4 is 23.3 Å². The van der Waals surface area contributed by atoms with Gasteiger partial charge in [0.15, 0.2) is 6.10 Å². The fourth-order valence-electron chi connectivity index (χ4n) is 3.02. The van der Waals surface area contributed by atoms with Crippen molar-refractivity contribution in [3.8, 4) is 0 Å². The first-order chi connectivity index (χ1) is 14.4. The van der Waals surface area contributed by atoms with Gasteiger partial charge in [-0.25, -0.2) is 4.79 Å². The zero-order chi connectivity index (χ0) is 21.5. The zero-order valence-electron chi connectivity index (χ0n) is 16.6. The highest BCUT2D eigenvalue weighted by atomic mass is 16.6. The van der Waals surface area contributed by atoms with Gasteiger partial charge in [0.1, 0.15) is 5.69 Å². The molecule has 3 rings (SSSR count). The van der Waals surface area contributed by atoms with Crippen LogP contribution in [0.5, 0.6) is 0 Å². The number of para-hydroxylation sites is 2. The number of hydrogen-bond acceptors (Lipinski definition) is 7. The molecule has 0 aliphatic carbocycles. The van der Waals surface area contributed by atoms with Gasteiger partial charge in [-0.15, -0.1) is 0 Å². The van der Waals surface area contributed by atoms with E-state index in [4.69, 9.17) is 9.47 Å². The first-order valence-corrected chi connectivity index (χ1v) is 9.58. The van der Waals surface area contributed by atoms with Crippen LogP contribution < -0.4 is 5.32 Å². The van der Waals surface area contributed by atoms with Crippen molar-refractivity contribution < 1.29 is 24.0 Å². The molecule has 1 fully saturated rings. The first kappa shape index (κ1) is 21.4. The molecule has 1 saturated heterocycles. The van der Waals surface area contributed by atoms with Crippen LogP contribution in [0.15, 0.2) is 48.5 Å². The van der Waals surface area contributed by atoms with Crippen molar-refractivity contribution in [2.45, 2.75) is 19.6 Å². The van der Waals surface area contributed by atoms with E-state index in [0.29, 0.717) is 5.56 Å². The van der Waals surface area contributed by atoms with Crippen LogP contribution in [0, 0.1) is 10.1 Å². The standard InChI is InChI=1S/C21H23N3O6/c1-15(20(25)22-18-4-2-3-5-19(18)24(27)28)30-21(26)17-8-6-16(7-9-17)14-23-10-12-29-13-11-23/h2-9,15H,10-14H2,1H3,(H,22,25)/t15-/m1/s1. The molecule has 9 nitrogen and oxygen atoms in total. The SMILES string of the molecule is C[C@@H](OC(=O)c1ccc(CN2CCOCC2)cc1)C(=O)Nc1ccccc1[N+](=O)[O-]. The summed E-state index contributed by atoms with van der Waals surface area (Å²) in [5.41, 5.74) is 1.20. The lowest BCUT2D eigenvalue weighted by molar-refractivity contribution is -0.383. The normalized spacial score (nSPS) is 15.2. The lowest BCUT2D eigenvalue weighted by Gasteiger charge is -2.26. The van der Waals surface area contributed by atoms with Crippen molar-refractivity contribution in [2.24, 2.45) is 0 Å². The number of ether oxygens (including phenoxy) is 2. The minimum Gasteiger partial charge on any atom is -0.449 e. The molecule has 1 amide bonds. The molecule has 1 aliphatic rings. The van der Waals surface area contributed by atoms with E-state index in [-0.39, 0.29) is 11.4 Å². The van der Waals surface area contributed by atoms with Gasteiger partial charge in [-0.1, -0.05) is 24.3 Å². The van der Waals surface area contributed by atoms with Gasteiger partial charge in [0, 0.05) is 25.7 Å². The van der Waals surface area contributed by atoms with Crippen LogP contribution >= 0.6 is 0 Å². The van der Waals surface area contributed by atoms with Crippen LogP contribution in [0.25, 0.3) is 0 Å². The van der Waals surface area contributed by atoms with Crippen molar-refractivity contribution in [3.05, 3.63) is 69.8 Å². The molecule has 9 heteroatoms. The van der Waals surface area contributed by atoms with E-state index in [9.17, 15) is 19.7 Å². The van der Waals surface area contributed by atoms with Gasteiger partial charge in [-0.2, -0.15) is 0 Å². The Hall–Kier alpha value is -3.30. The third kappa shape index (κ3) is 5.62. The van der Waals surface area contributed by atoms with Crippen LogP contribution in [0.1, 0.15) is 22.8 Å². The number of nitro benzene ring substituents is 1. The second-order valence-electron chi connectivity index (χ2n) is 6.90. The Bertz CT molecular complexity index is 909. The minimum atomic E-state index is -1.12. The van der Waals surface area contributed by atoms with E-state index in [0.717, 1.165) is 38.4 Å². The van der Waals surface area contributed by atoms with E-state index < -0.39 is 22.9 Å². The molecule has 158 valence electrons. The van der Waals surface area contributed by atoms with Crippen LogP contribution in [0.3, 0.4) is 0 Å². The topological polar surface area (TPSA) is 111 Å². The number of hydrogen-bond donors (Lipinski definition) is 1. The van der Waals surface area contributed by atoms with Gasteiger partial charge in [-0.05, 0) is 30.7 Å². The molecule has 0 saturated carbocycles. The number of esters is 1. The smallest absolute Gasteiger partial charge is 0.338 e. The third-order valence-electron chi connectivity index (χ3n) is 4.71. The molecule has 0 bridgehead atoms. The summed E-state index contributed by atoms with van der Waals surface area (Å²) in [7, 11) is 0. The summed E-state index contributed by atoms with van der Waals surface area (Å²) in [6, 6.07) is 12.8. The van der Waals surface area contributed by atoms with Crippen molar-refractivity contribution in [3.63, 3.8) is 0 Å². The minimum absolute atomic E-state index is 0.0443. The quantitative estimate of drug-likeness (QED) is 0.422. The van der Waals surface area contributed by atoms with Crippen molar-refractivity contribution in [2.75, 3.05) is 31.6 Å². The van der Waals surface area contributed by atoms with Crippen LogP contribution in [0.4, 0.5) is 11.4 Å². The fraction of sp³-hybridized carbons (Fsp3) is 0.333. The number of carbonyl (C=O) groups is 2. The molecule has 0 radical (unpaired) electrons. The van der Waals surface area contributed by atoms with Gasteiger partial charge < -0.3 is 14.8 Å². The molecular formula is C21H23N3O6. The van der Waals surface area contributed by atoms with E-state index in [1.165, 1.54) is 25.1 Å². The monoisotopic (exact) mass is 413 g/mol. The summed E-state index contributed by atoms with van der Waals surface area (Å²) in [6.07, 6.45) is -1.12. The number of nitro groups is 1. The Balaban J connectivity index is 1.55. The number of nitrogens with zero attached hydrogens (tertiary/aromatic N) is 2. The number of anilines is 1. The molecule has 0 unspecified atom stereocenters. The van der Waals surface area contributed by atoms with E-state index in [2.05, 4.69) is 10.2 Å². The van der Waals surface area contributed by atoms with Crippen LogP contribution in [-0.2, 0) is 20.8 Å². The largest absolute Gasteiger partial charge is 0.449 e. The molecule has 0 aromatic heterocycles. The molecule has 2 aromatic rings. The summed E-state index contributed by atoms with van der Waals surface area (Å²) < 4.78 is 10.5. The van der Waals surface area contributed by atoms with Crippen LogP contribution in [0.2, 0.25) is 0 Å².